The van der Waals surface area contributed by atoms with Gasteiger partial charge in [-0.15, -0.1) is 0 Å². The number of fused-ring (bicyclic) bond motifs is 1. The number of ether oxygens (including phenoxy) is 1. The molecule has 19 heavy (non-hydrogen) atoms. The van der Waals surface area contributed by atoms with Crippen molar-refractivity contribution in [1.29, 1.82) is 0 Å². The largest absolute Gasteiger partial charge is 0.457 e. The van der Waals surface area contributed by atoms with E-state index in [1.54, 1.807) is 6.07 Å². The van der Waals surface area contributed by atoms with E-state index < -0.39 is 0 Å². The molecule has 1 aromatic heterocycles. The summed E-state index contributed by atoms with van der Waals surface area (Å²) < 4.78 is 5.79. The second-order valence-corrected chi connectivity index (χ2v) is 4.28. The monoisotopic (exact) mass is 252 g/mol. The summed E-state index contributed by atoms with van der Waals surface area (Å²) in [6.45, 7) is 1.93. The van der Waals surface area contributed by atoms with Gasteiger partial charge in [0, 0.05) is 0 Å². The quantitative estimate of drug-likeness (QED) is 0.762. The number of H-pyrrole nitrogens is 1. The molecule has 0 aliphatic rings. The van der Waals surface area contributed by atoms with Crippen molar-refractivity contribution < 1.29 is 4.74 Å². The zero-order valence-electron chi connectivity index (χ0n) is 10.4. The number of aromatic nitrogens is 2. The number of aromatic amines is 1. The predicted octanol–water partition coefficient (Wildman–Crippen LogP) is 3.02. The third-order valence-electron chi connectivity index (χ3n) is 2.91. The van der Waals surface area contributed by atoms with E-state index >= 15 is 0 Å². The number of nitrogens with zero attached hydrogens (tertiary/aromatic N) is 1. The first-order valence-electron chi connectivity index (χ1n) is 5.95. The Morgan fingerprint density at radius 2 is 1.95 bits per heavy atom. The predicted molar refractivity (Wildman–Crippen MR) is 73.6 cm³/mol. The Morgan fingerprint density at radius 3 is 2.74 bits per heavy atom. The molecule has 0 aliphatic carbocycles. The standard InChI is InChI=1S/C15H12N2O2/c1-10-7-13-12(15(18)17-9-16-13)8-14(10)19-11-5-3-2-4-6-11/h2-9H,1H3,(H,16,17,18). The summed E-state index contributed by atoms with van der Waals surface area (Å²) in [4.78, 5) is 18.4. The van der Waals surface area contributed by atoms with Gasteiger partial charge in [-0.2, -0.15) is 0 Å². The van der Waals surface area contributed by atoms with Crippen LogP contribution in [-0.4, -0.2) is 9.97 Å². The molecule has 0 saturated carbocycles. The van der Waals surface area contributed by atoms with Gasteiger partial charge >= 0.3 is 0 Å². The summed E-state index contributed by atoms with van der Waals surface area (Å²) >= 11 is 0. The second kappa shape index (κ2) is 4.57. The molecular weight excluding hydrogens is 240 g/mol. The van der Waals surface area contributed by atoms with Gasteiger partial charge in [0.25, 0.3) is 5.56 Å². The first-order valence-corrected chi connectivity index (χ1v) is 5.95. The minimum Gasteiger partial charge on any atom is -0.457 e. The molecule has 0 unspecified atom stereocenters. The van der Waals surface area contributed by atoms with Crippen LogP contribution in [0.1, 0.15) is 5.56 Å². The summed E-state index contributed by atoms with van der Waals surface area (Å²) in [6, 6.07) is 13.1. The van der Waals surface area contributed by atoms with Crippen LogP contribution in [0.3, 0.4) is 0 Å². The number of nitrogens with one attached hydrogen (secondary N) is 1. The van der Waals surface area contributed by atoms with Crippen LogP contribution in [0.2, 0.25) is 0 Å². The van der Waals surface area contributed by atoms with Gasteiger partial charge < -0.3 is 9.72 Å². The van der Waals surface area contributed by atoms with E-state index in [1.165, 1.54) is 6.33 Å². The van der Waals surface area contributed by atoms with Gasteiger partial charge in [0.2, 0.25) is 0 Å². The minimum atomic E-state index is -0.164. The molecule has 0 radical (unpaired) electrons. The molecule has 3 aromatic rings. The van der Waals surface area contributed by atoms with E-state index in [0.29, 0.717) is 16.7 Å². The SMILES string of the molecule is Cc1cc2nc[nH]c(=O)c2cc1Oc1ccccc1. The lowest BCUT2D eigenvalue weighted by atomic mass is 10.1. The summed E-state index contributed by atoms with van der Waals surface area (Å²) in [7, 11) is 0. The van der Waals surface area contributed by atoms with Gasteiger partial charge in [-0.05, 0) is 36.8 Å². The van der Waals surface area contributed by atoms with Crippen LogP contribution in [0.25, 0.3) is 10.9 Å². The summed E-state index contributed by atoms with van der Waals surface area (Å²) in [6.07, 6.45) is 1.40. The molecule has 1 heterocycles. The van der Waals surface area contributed by atoms with Gasteiger partial charge in [-0.3, -0.25) is 4.79 Å². The maximum Gasteiger partial charge on any atom is 0.258 e. The molecule has 3 rings (SSSR count). The molecule has 0 spiro atoms. The number of para-hydroxylation sites is 1. The van der Waals surface area contributed by atoms with Crippen LogP contribution in [0.5, 0.6) is 11.5 Å². The number of benzene rings is 2. The average Bonchev–Trinajstić information content (AvgIpc) is 2.42. The van der Waals surface area contributed by atoms with E-state index in [-0.39, 0.29) is 5.56 Å². The fraction of sp³-hybridized carbons (Fsp3) is 0.0667. The fourth-order valence-electron chi connectivity index (χ4n) is 1.93. The molecule has 0 amide bonds. The Labute approximate surface area is 109 Å². The Kier molecular flexibility index (Phi) is 2.76. The van der Waals surface area contributed by atoms with Crippen molar-refractivity contribution in [2.24, 2.45) is 0 Å². The van der Waals surface area contributed by atoms with Gasteiger partial charge in [0.05, 0.1) is 17.2 Å². The second-order valence-electron chi connectivity index (χ2n) is 4.28. The third kappa shape index (κ3) is 2.20. The highest BCUT2D eigenvalue weighted by atomic mass is 16.5. The van der Waals surface area contributed by atoms with E-state index in [4.69, 9.17) is 4.74 Å². The topological polar surface area (TPSA) is 55.0 Å². The number of hydrogen-bond acceptors (Lipinski definition) is 3. The first kappa shape index (κ1) is 11.5. The Balaban J connectivity index is 2.11. The molecule has 2 aromatic carbocycles. The van der Waals surface area contributed by atoms with Crippen LogP contribution in [0.15, 0.2) is 53.6 Å². The molecule has 0 fully saturated rings. The van der Waals surface area contributed by atoms with Gasteiger partial charge in [-0.1, -0.05) is 18.2 Å². The maximum atomic E-state index is 11.7. The van der Waals surface area contributed by atoms with Crippen molar-refractivity contribution in [1.82, 2.24) is 9.97 Å². The van der Waals surface area contributed by atoms with E-state index in [2.05, 4.69) is 9.97 Å². The first-order chi connectivity index (χ1) is 9.24. The Hall–Kier alpha value is -2.62. The number of hydrogen-bond donors (Lipinski definition) is 1. The molecule has 4 nitrogen and oxygen atoms in total. The lowest BCUT2D eigenvalue weighted by Crippen LogP contribution is -2.06. The highest BCUT2D eigenvalue weighted by Crippen LogP contribution is 2.27. The number of rotatable bonds is 2. The lowest BCUT2D eigenvalue weighted by molar-refractivity contribution is 0.479. The summed E-state index contributed by atoms with van der Waals surface area (Å²) in [5.74, 6) is 1.41. The smallest absolute Gasteiger partial charge is 0.258 e. The molecule has 0 bridgehead atoms. The fourth-order valence-corrected chi connectivity index (χ4v) is 1.93. The normalized spacial score (nSPS) is 10.6. The van der Waals surface area contributed by atoms with Gasteiger partial charge in [-0.25, -0.2) is 4.98 Å². The summed E-state index contributed by atoms with van der Waals surface area (Å²) in [5, 5.41) is 0.527. The van der Waals surface area contributed by atoms with E-state index in [9.17, 15) is 4.79 Å². The maximum absolute atomic E-state index is 11.7. The number of aryl methyl sites for hydroxylation is 1. The van der Waals surface area contributed by atoms with E-state index in [1.807, 2.05) is 43.3 Å². The van der Waals surface area contributed by atoms with Crippen LogP contribution >= 0.6 is 0 Å². The zero-order chi connectivity index (χ0) is 13.2. The van der Waals surface area contributed by atoms with Crippen molar-refractivity contribution in [2.75, 3.05) is 0 Å². The highest BCUT2D eigenvalue weighted by molar-refractivity contribution is 5.80. The molecule has 0 aliphatic heterocycles. The van der Waals surface area contributed by atoms with Crippen molar-refractivity contribution in [2.45, 2.75) is 6.92 Å². The van der Waals surface area contributed by atoms with Crippen LogP contribution in [0, 0.1) is 6.92 Å². The van der Waals surface area contributed by atoms with Crippen LogP contribution in [0.4, 0.5) is 0 Å². The van der Waals surface area contributed by atoms with Crippen molar-refractivity contribution in [3.8, 4) is 11.5 Å². The molecule has 0 atom stereocenters. The van der Waals surface area contributed by atoms with E-state index in [0.717, 1.165) is 11.3 Å². The minimum absolute atomic E-state index is 0.164. The molecular formula is C15H12N2O2. The molecule has 4 heteroatoms. The van der Waals surface area contributed by atoms with Crippen molar-refractivity contribution in [3.63, 3.8) is 0 Å². The van der Waals surface area contributed by atoms with Gasteiger partial charge in [0.1, 0.15) is 11.5 Å². The zero-order valence-corrected chi connectivity index (χ0v) is 10.4. The van der Waals surface area contributed by atoms with Crippen LogP contribution < -0.4 is 10.3 Å². The highest BCUT2D eigenvalue weighted by Gasteiger charge is 2.07. The molecule has 0 saturated heterocycles. The van der Waals surface area contributed by atoms with Gasteiger partial charge in [0.15, 0.2) is 0 Å². The summed E-state index contributed by atoms with van der Waals surface area (Å²) in [5.41, 5.74) is 1.44. The molecule has 94 valence electrons. The average molecular weight is 252 g/mol. The Morgan fingerprint density at radius 1 is 1.16 bits per heavy atom. The van der Waals surface area contributed by atoms with Crippen molar-refractivity contribution >= 4 is 10.9 Å². The molecule has 1 N–H and O–H groups in total. The Bertz CT molecular complexity index is 779. The van der Waals surface area contributed by atoms with Crippen LogP contribution in [-0.2, 0) is 0 Å². The lowest BCUT2D eigenvalue weighted by Gasteiger charge is -2.09. The van der Waals surface area contributed by atoms with Crippen molar-refractivity contribution in [3.05, 3.63) is 64.7 Å². The third-order valence-corrected chi connectivity index (χ3v) is 2.91.